The van der Waals surface area contributed by atoms with E-state index in [0.717, 1.165) is 18.5 Å². The summed E-state index contributed by atoms with van der Waals surface area (Å²) >= 11 is 0. The van der Waals surface area contributed by atoms with Gasteiger partial charge in [0.15, 0.2) is 23.3 Å². The minimum absolute atomic E-state index is 0.517. The molecular weight excluding hydrogens is 336 g/mol. The van der Waals surface area contributed by atoms with E-state index in [2.05, 4.69) is 6.58 Å². The van der Waals surface area contributed by atoms with Crippen molar-refractivity contribution in [3.05, 3.63) is 47.1 Å². The average Bonchev–Trinajstić information content (AvgIpc) is 2.54. The van der Waals surface area contributed by atoms with Crippen LogP contribution in [-0.2, 0) is 11.2 Å². The highest BCUT2D eigenvalue weighted by Gasteiger charge is 2.32. The fourth-order valence-corrected chi connectivity index (χ4v) is 1.89. The van der Waals surface area contributed by atoms with Gasteiger partial charge >= 0.3 is 0 Å². The van der Waals surface area contributed by atoms with Gasteiger partial charge in [-0.2, -0.15) is 0 Å². The van der Waals surface area contributed by atoms with E-state index in [4.69, 9.17) is 5.21 Å². The first kappa shape index (κ1) is 19.6. The lowest BCUT2D eigenvalue weighted by Crippen LogP contribution is -2.52. The molecule has 0 aliphatic rings. The minimum atomic E-state index is -1.96. The van der Waals surface area contributed by atoms with Crippen LogP contribution in [0.4, 0.5) is 17.6 Å². The Morgan fingerprint density at radius 2 is 1.67 bits per heavy atom. The first-order valence-corrected chi connectivity index (χ1v) is 6.55. The summed E-state index contributed by atoms with van der Waals surface area (Å²) in [4.78, 5) is 23.2. The Morgan fingerprint density at radius 3 is 2.04 bits per heavy atom. The van der Waals surface area contributed by atoms with Crippen LogP contribution in [0.25, 0.3) is 0 Å². The van der Waals surface area contributed by atoms with Gasteiger partial charge in [0, 0.05) is 5.56 Å². The largest absolute Gasteiger partial charge is 0.391 e. The van der Waals surface area contributed by atoms with Gasteiger partial charge in [0.1, 0.15) is 11.6 Å². The molecule has 2 amide bonds. The second-order valence-corrected chi connectivity index (χ2v) is 4.77. The molecule has 1 aromatic rings. The van der Waals surface area contributed by atoms with Gasteiger partial charge in [0.2, 0.25) is 0 Å². The fourth-order valence-electron chi connectivity index (χ4n) is 1.89. The quantitative estimate of drug-likeness (QED) is 0.202. The molecule has 132 valence electrons. The smallest absolute Gasteiger partial charge is 0.268 e. The number of hydroxylamine groups is 1. The first-order chi connectivity index (χ1) is 11.2. The first-order valence-electron chi connectivity index (χ1n) is 6.55. The Morgan fingerprint density at radius 1 is 1.17 bits per heavy atom. The zero-order valence-electron chi connectivity index (χ0n) is 12.4. The second kappa shape index (κ2) is 7.88. The van der Waals surface area contributed by atoms with Crippen molar-refractivity contribution in [1.29, 1.82) is 0 Å². The molecule has 0 aromatic heterocycles. The van der Waals surface area contributed by atoms with Crippen molar-refractivity contribution in [1.82, 2.24) is 10.8 Å². The molecule has 0 spiro atoms. The van der Waals surface area contributed by atoms with Crippen molar-refractivity contribution < 1.29 is 37.5 Å². The number of allylic oxidation sites excluding steroid dienone is 1. The molecule has 0 saturated heterocycles. The van der Waals surface area contributed by atoms with Gasteiger partial charge in [-0.05, 0) is 13.3 Å². The van der Waals surface area contributed by atoms with Crippen LogP contribution in [-0.4, -0.2) is 34.3 Å². The van der Waals surface area contributed by atoms with Gasteiger partial charge < -0.3 is 10.4 Å². The van der Waals surface area contributed by atoms with E-state index in [0.29, 0.717) is 0 Å². The van der Waals surface area contributed by atoms with Crippen LogP contribution in [0.5, 0.6) is 0 Å². The molecule has 24 heavy (non-hydrogen) atoms. The second-order valence-electron chi connectivity index (χ2n) is 4.77. The molecule has 1 aromatic carbocycles. The van der Waals surface area contributed by atoms with Crippen LogP contribution in [0.1, 0.15) is 22.8 Å². The van der Waals surface area contributed by atoms with Crippen molar-refractivity contribution in [2.24, 2.45) is 0 Å². The summed E-state index contributed by atoms with van der Waals surface area (Å²) in [6, 6.07) is -1.82. The van der Waals surface area contributed by atoms with Crippen LogP contribution in [0, 0.1) is 23.3 Å². The lowest BCUT2D eigenvalue weighted by Gasteiger charge is -2.20. The lowest BCUT2D eigenvalue weighted by molar-refractivity contribution is -0.133. The van der Waals surface area contributed by atoms with Gasteiger partial charge in [0.25, 0.3) is 11.8 Å². The monoisotopic (exact) mass is 350 g/mol. The number of nitrogens with one attached hydrogen (secondary N) is 2. The summed E-state index contributed by atoms with van der Waals surface area (Å²) in [5, 5.41) is 19.5. The van der Waals surface area contributed by atoms with Gasteiger partial charge in [-0.3, -0.25) is 14.8 Å². The Hall–Kier alpha value is -2.46. The molecule has 0 bridgehead atoms. The summed E-state index contributed by atoms with van der Waals surface area (Å²) in [7, 11) is 0. The Kier molecular flexibility index (Phi) is 6.43. The topological polar surface area (TPSA) is 98.7 Å². The third-order valence-electron chi connectivity index (χ3n) is 3.09. The standard InChI is InChI=1S/C14H14F4N2O4/c1-3-4-6-8(15)10(17)7(11(18)9(6)16)13(22)19-12(5(2)21)14(23)20-24/h3,5,12,21,24H,1,4H2,2H3,(H,19,22)(H,20,23). The van der Waals surface area contributed by atoms with Crippen LogP contribution < -0.4 is 10.8 Å². The Labute approximate surface area is 133 Å². The zero-order valence-corrected chi connectivity index (χ0v) is 12.4. The summed E-state index contributed by atoms with van der Waals surface area (Å²) < 4.78 is 55.4. The van der Waals surface area contributed by atoms with Crippen LogP contribution in [0.15, 0.2) is 12.7 Å². The predicted molar refractivity (Wildman–Crippen MR) is 73.0 cm³/mol. The number of rotatable bonds is 6. The van der Waals surface area contributed by atoms with Crippen LogP contribution in [0.3, 0.4) is 0 Å². The molecule has 0 aliphatic heterocycles. The normalized spacial score (nSPS) is 13.1. The van der Waals surface area contributed by atoms with Gasteiger partial charge in [-0.15, -0.1) is 6.58 Å². The summed E-state index contributed by atoms with van der Waals surface area (Å²) in [5.74, 6) is -10.5. The van der Waals surface area contributed by atoms with Crippen molar-refractivity contribution in [2.75, 3.05) is 0 Å². The minimum Gasteiger partial charge on any atom is -0.391 e. The Bertz CT molecular complexity index is 650. The maximum Gasteiger partial charge on any atom is 0.268 e. The number of halogens is 4. The fraction of sp³-hybridized carbons (Fsp3) is 0.286. The molecule has 0 fully saturated rings. The number of hydrogen-bond donors (Lipinski definition) is 4. The molecule has 0 aliphatic carbocycles. The van der Waals surface area contributed by atoms with E-state index < -0.39 is 64.8 Å². The van der Waals surface area contributed by atoms with E-state index in [1.54, 1.807) is 5.32 Å². The van der Waals surface area contributed by atoms with Gasteiger partial charge in [-0.1, -0.05) is 6.08 Å². The SMILES string of the molecule is C=CCc1c(F)c(F)c(C(=O)NC(C(=O)NO)C(C)O)c(F)c1F. The summed E-state index contributed by atoms with van der Waals surface area (Å²) in [6.07, 6.45) is -1.09. The summed E-state index contributed by atoms with van der Waals surface area (Å²) in [6.45, 7) is 4.22. The average molecular weight is 350 g/mol. The molecule has 0 radical (unpaired) electrons. The highest BCUT2D eigenvalue weighted by molar-refractivity contribution is 5.98. The number of carbonyl (C=O) groups excluding carboxylic acids is 2. The van der Waals surface area contributed by atoms with Crippen LogP contribution in [0.2, 0.25) is 0 Å². The highest BCUT2D eigenvalue weighted by Crippen LogP contribution is 2.25. The predicted octanol–water partition coefficient (Wildman–Crippen LogP) is 0.956. The third kappa shape index (κ3) is 3.71. The molecule has 1 rings (SSSR count). The number of amides is 2. The number of carbonyl (C=O) groups is 2. The molecule has 6 nitrogen and oxygen atoms in total. The zero-order chi connectivity index (χ0) is 18.6. The van der Waals surface area contributed by atoms with E-state index in [9.17, 15) is 32.3 Å². The van der Waals surface area contributed by atoms with Crippen molar-refractivity contribution in [3.63, 3.8) is 0 Å². The lowest BCUT2D eigenvalue weighted by atomic mass is 10.0. The number of benzene rings is 1. The molecule has 10 heteroatoms. The number of hydrogen-bond acceptors (Lipinski definition) is 4. The van der Waals surface area contributed by atoms with Gasteiger partial charge in [0.05, 0.1) is 6.10 Å². The molecule has 4 N–H and O–H groups in total. The maximum atomic E-state index is 13.9. The number of aliphatic hydroxyl groups is 1. The van der Waals surface area contributed by atoms with Crippen molar-refractivity contribution in [2.45, 2.75) is 25.5 Å². The van der Waals surface area contributed by atoms with Crippen molar-refractivity contribution >= 4 is 11.8 Å². The maximum absolute atomic E-state index is 13.9. The number of aliphatic hydroxyl groups excluding tert-OH is 1. The van der Waals surface area contributed by atoms with Crippen LogP contribution >= 0.6 is 0 Å². The van der Waals surface area contributed by atoms with E-state index in [1.807, 2.05) is 0 Å². The molecule has 2 unspecified atom stereocenters. The van der Waals surface area contributed by atoms with E-state index in [-0.39, 0.29) is 0 Å². The molecule has 2 atom stereocenters. The van der Waals surface area contributed by atoms with E-state index >= 15 is 0 Å². The van der Waals surface area contributed by atoms with Crippen molar-refractivity contribution in [3.8, 4) is 0 Å². The molecule has 0 saturated carbocycles. The molecular formula is C14H14F4N2O4. The molecule has 0 heterocycles. The third-order valence-corrected chi connectivity index (χ3v) is 3.09. The summed E-state index contributed by atoms with van der Waals surface area (Å²) in [5.41, 5.74) is -1.43. The van der Waals surface area contributed by atoms with Gasteiger partial charge in [-0.25, -0.2) is 23.0 Å². The van der Waals surface area contributed by atoms with E-state index in [1.165, 1.54) is 0 Å². The Balaban J connectivity index is 3.34. The highest BCUT2D eigenvalue weighted by atomic mass is 19.2.